The van der Waals surface area contributed by atoms with Crippen molar-refractivity contribution in [1.29, 1.82) is 0 Å². The molecule has 2 aromatic carbocycles. The van der Waals surface area contributed by atoms with Crippen molar-refractivity contribution in [2.45, 2.75) is 6.61 Å². The molecule has 116 valence electrons. The zero-order chi connectivity index (χ0) is 15.6. The van der Waals surface area contributed by atoms with Gasteiger partial charge in [-0.1, -0.05) is 30.3 Å². The second-order valence-electron chi connectivity index (χ2n) is 4.67. The summed E-state index contributed by atoms with van der Waals surface area (Å²) in [6.45, 7) is 1.86. The quantitative estimate of drug-likeness (QED) is 0.606. The Balaban J connectivity index is 1.79. The molecule has 2 aromatic rings. The number of methoxy groups -OCH3 is 1. The van der Waals surface area contributed by atoms with E-state index in [1.54, 1.807) is 7.11 Å². The van der Waals surface area contributed by atoms with E-state index < -0.39 is 0 Å². The van der Waals surface area contributed by atoms with Gasteiger partial charge in [0.05, 0.1) is 6.61 Å². The van der Waals surface area contributed by atoms with Crippen LogP contribution in [0.2, 0.25) is 0 Å². The highest BCUT2D eigenvalue weighted by Gasteiger charge is 1.99. The van der Waals surface area contributed by atoms with Crippen molar-refractivity contribution in [1.82, 2.24) is 5.32 Å². The van der Waals surface area contributed by atoms with Gasteiger partial charge in [0.15, 0.2) is 5.11 Å². The van der Waals surface area contributed by atoms with Gasteiger partial charge in [0, 0.05) is 19.3 Å². The molecule has 22 heavy (non-hydrogen) atoms. The number of ether oxygens (including phenoxy) is 2. The zero-order valence-corrected chi connectivity index (χ0v) is 13.4. The van der Waals surface area contributed by atoms with E-state index >= 15 is 0 Å². The first-order chi connectivity index (χ1) is 10.8. The first kappa shape index (κ1) is 16.3. The molecule has 0 heterocycles. The van der Waals surface area contributed by atoms with Crippen molar-refractivity contribution >= 4 is 23.0 Å². The van der Waals surface area contributed by atoms with Gasteiger partial charge in [0.1, 0.15) is 12.4 Å². The van der Waals surface area contributed by atoms with Crippen molar-refractivity contribution in [3.8, 4) is 5.75 Å². The van der Waals surface area contributed by atoms with Gasteiger partial charge >= 0.3 is 0 Å². The Morgan fingerprint density at radius 3 is 2.45 bits per heavy atom. The third kappa shape index (κ3) is 5.71. The number of hydrogen-bond donors (Lipinski definition) is 2. The van der Waals surface area contributed by atoms with E-state index in [0.717, 1.165) is 17.0 Å². The van der Waals surface area contributed by atoms with E-state index in [1.165, 1.54) is 0 Å². The SMILES string of the molecule is COCCNC(=S)Nc1ccc(OCc2ccccc2)cc1. The fraction of sp³-hybridized carbons (Fsp3) is 0.235. The van der Waals surface area contributed by atoms with Crippen LogP contribution in [0.5, 0.6) is 5.75 Å². The molecule has 0 saturated carbocycles. The summed E-state index contributed by atoms with van der Waals surface area (Å²) in [5, 5.41) is 6.75. The normalized spacial score (nSPS) is 10.0. The molecular weight excluding hydrogens is 296 g/mol. The predicted molar refractivity (Wildman–Crippen MR) is 93.3 cm³/mol. The Morgan fingerprint density at radius 1 is 1.05 bits per heavy atom. The highest BCUT2D eigenvalue weighted by atomic mass is 32.1. The van der Waals surface area contributed by atoms with Gasteiger partial charge in [-0.25, -0.2) is 0 Å². The van der Waals surface area contributed by atoms with Crippen molar-refractivity contribution in [2.75, 3.05) is 25.6 Å². The van der Waals surface area contributed by atoms with E-state index in [4.69, 9.17) is 21.7 Å². The smallest absolute Gasteiger partial charge is 0.170 e. The highest BCUT2D eigenvalue weighted by Crippen LogP contribution is 2.17. The lowest BCUT2D eigenvalue weighted by Crippen LogP contribution is -2.31. The number of thiocarbonyl (C=S) groups is 1. The van der Waals surface area contributed by atoms with Crippen LogP contribution in [0.15, 0.2) is 54.6 Å². The maximum atomic E-state index is 5.74. The minimum Gasteiger partial charge on any atom is -0.489 e. The van der Waals surface area contributed by atoms with Crippen LogP contribution in [-0.4, -0.2) is 25.4 Å². The largest absolute Gasteiger partial charge is 0.489 e. The Morgan fingerprint density at radius 2 is 1.77 bits per heavy atom. The van der Waals surface area contributed by atoms with Crippen LogP contribution < -0.4 is 15.4 Å². The summed E-state index contributed by atoms with van der Waals surface area (Å²) in [6, 6.07) is 17.8. The third-order valence-electron chi connectivity index (χ3n) is 2.95. The van der Waals surface area contributed by atoms with Crippen LogP contribution >= 0.6 is 12.2 Å². The van der Waals surface area contributed by atoms with E-state index in [1.807, 2.05) is 54.6 Å². The Hall–Kier alpha value is -2.11. The first-order valence-corrected chi connectivity index (χ1v) is 7.49. The third-order valence-corrected chi connectivity index (χ3v) is 3.20. The molecule has 0 bridgehead atoms. The van der Waals surface area contributed by atoms with Gasteiger partial charge < -0.3 is 20.1 Å². The lowest BCUT2D eigenvalue weighted by atomic mass is 10.2. The van der Waals surface area contributed by atoms with Crippen LogP contribution in [0.3, 0.4) is 0 Å². The number of rotatable bonds is 7. The average Bonchev–Trinajstić information content (AvgIpc) is 2.55. The fourth-order valence-electron chi connectivity index (χ4n) is 1.82. The topological polar surface area (TPSA) is 42.5 Å². The summed E-state index contributed by atoms with van der Waals surface area (Å²) in [6.07, 6.45) is 0. The first-order valence-electron chi connectivity index (χ1n) is 7.08. The molecule has 0 atom stereocenters. The van der Waals surface area contributed by atoms with Gasteiger partial charge in [0.2, 0.25) is 0 Å². The predicted octanol–water partition coefficient (Wildman–Crippen LogP) is 3.20. The van der Waals surface area contributed by atoms with Crippen LogP contribution in [0.1, 0.15) is 5.56 Å². The molecule has 5 heteroatoms. The molecule has 0 amide bonds. The van der Waals surface area contributed by atoms with Crippen molar-refractivity contribution < 1.29 is 9.47 Å². The summed E-state index contributed by atoms with van der Waals surface area (Å²) in [4.78, 5) is 0. The fourth-order valence-corrected chi connectivity index (χ4v) is 2.04. The van der Waals surface area contributed by atoms with Crippen molar-refractivity contribution in [3.63, 3.8) is 0 Å². The second-order valence-corrected chi connectivity index (χ2v) is 5.08. The molecule has 2 N–H and O–H groups in total. The highest BCUT2D eigenvalue weighted by molar-refractivity contribution is 7.80. The minimum absolute atomic E-state index is 0.560. The van der Waals surface area contributed by atoms with E-state index in [-0.39, 0.29) is 0 Å². The zero-order valence-electron chi connectivity index (χ0n) is 12.5. The molecule has 0 aliphatic heterocycles. The monoisotopic (exact) mass is 316 g/mol. The molecule has 0 fully saturated rings. The molecule has 0 saturated heterocycles. The number of nitrogens with one attached hydrogen (secondary N) is 2. The minimum atomic E-state index is 0.560. The Kier molecular flexibility index (Phi) is 6.67. The average molecular weight is 316 g/mol. The van der Waals surface area contributed by atoms with E-state index in [2.05, 4.69) is 10.6 Å². The van der Waals surface area contributed by atoms with Gasteiger partial charge in [0.25, 0.3) is 0 Å². The van der Waals surface area contributed by atoms with Gasteiger partial charge in [-0.3, -0.25) is 0 Å². The standard InChI is InChI=1S/C17H20N2O2S/c1-20-12-11-18-17(22)19-15-7-9-16(10-8-15)21-13-14-5-3-2-4-6-14/h2-10H,11-13H2,1H3,(H2,18,19,22). The molecule has 0 unspecified atom stereocenters. The molecule has 2 rings (SSSR count). The summed E-state index contributed by atoms with van der Waals surface area (Å²) < 4.78 is 10.7. The maximum absolute atomic E-state index is 5.74. The molecule has 4 nitrogen and oxygen atoms in total. The molecule has 0 aromatic heterocycles. The van der Waals surface area contributed by atoms with Crippen molar-refractivity contribution in [2.24, 2.45) is 0 Å². The molecule has 0 spiro atoms. The second kappa shape index (κ2) is 9.02. The number of anilines is 1. The lowest BCUT2D eigenvalue weighted by Gasteiger charge is -2.11. The lowest BCUT2D eigenvalue weighted by molar-refractivity contribution is 0.204. The van der Waals surface area contributed by atoms with Crippen LogP contribution in [0.4, 0.5) is 5.69 Å². The summed E-state index contributed by atoms with van der Waals surface area (Å²) >= 11 is 5.19. The Labute approximate surface area is 136 Å². The number of benzene rings is 2. The summed E-state index contributed by atoms with van der Waals surface area (Å²) in [7, 11) is 1.66. The molecule has 0 aliphatic carbocycles. The molecule has 0 aliphatic rings. The van der Waals surface area contributed by atoms with Crippen molar-refractivity contribution in [3.05, 3.63) is 60.2 Å². The van der Waals surface area contributed by atoms with Gasteiger partial charge in [-0.15, -0.1) is 0 Å². The molecular formula is C17H20N2O2S. The Bertz CT molecular complexity index is 573. The van der Waals surface area contributed by atoms with Crippen LogP contribution in [0.25, 0.3) is 0 Å². The van der Waals surface area contributed by atoms with E-state index in [0.29, 0.717) is 24.9 Å². The van der Waals surface area contributed by atoms with E-state index in [9.17, 15) is 0 Å². The number of hydrogen-bond acceptors (Lipinski definition) is 3. The van der Waals surface area contributed by atoms with Gasteiger partial charge in [-0.2, -0.15) is 0 Å². The van der Waals surface area contributed by atoms with Crippen LogP contribution in [-0.2, 0) is 11.3 Å². The van der Waals surface area contributed by atoms with Crippen LogP contribution in [0, 0.1) is 0 Å². The molecule has 0 radical (unpaired) electrons. The summed E-state index contributed by atoms with van der Waals surface area (Å²) in [5.41, 5.74) is 2.07. The maximum Gasteiger partial charge on any atom is 0.170 e. The summed E-state index contributed by atoms with van der Waals surface area (Å²) in [5.74, 6) is 0.827. The van der Waals surface area contributed by atoms with Gasteiger partial charge in [-0.05, 0) is 42.0 Å².